The van der Waals surface area contributed by atoms with E-state index in [4.69, 9.17) is 9.47 Å². The van der Waals surface area contributed by atoms with Crippen LogP contribution in [0.2, 0.25) is 0 Å². The van der Waals surface area contributed by atoms with Crippen LogP contribution in [-0.4, -0.2) is 24.7 Å². The van der Waals surface area contributed by atoms with Gasteiger partial charge in [0.25, 0.3) is 15.6 Å². The molecule has 0 radical (unpaired) electrons. The molecule has 8 nitrogen and oxygen atoms in total. The molecular formula is C20H16FN3O5S. The topological polar surface area (TPSA) is 113 Å². The van der Waals surface area contributed by atoms with Crippen molar-refractivity contribution in [2.75, 3.05) is 4.72 Å². The number of sulfonamides is 1. The monoisotopic (exact) mass is 429 g/mol. The number of benzene rings is 2. The van der Waals surface area contributed by atoms with Crippen molar-refractivity contribution in [1.82, 2.24) is 9.97 Å². The van der Waals surface area contributed by atoms with E-state index in [-0.39, 0.29) is 22.4 Å². The summed E-state index contributed by atoms with van der Waals surface area (Å²) in [6.45, 7) is 1.75. The first-order valence-electron chi connectivity index (χ1n) is 9.08. The van der Waals surface area contributed by atoms with E-state index in [1.807, 2.05) is 0 Å². The third-order valence-electron chi connectivity index (χ3n) is 4.94. The summed E-state index contributed by atoms with van der Waals surface area (Å²) in [7, 11) is -3.95. The molecule has 1 fully saturated rings. The lowest BCUT2D eigenvalue weighted by Gasteiger charge is -2.33. The number of rotatable bonds is 4. The molecule has 0 aliphatic carbocycles. The van der Waals surface area contributed by atoms with Crippen molar-refractivity contribution in [2.24, 2.45) is 0 Å². The molecule has 154 valence electrons. The Labute approximate surface area is 169 Å². The van der Waals surface area contributed by atoms with E-state index in [0.29, 0.717) is 27.4 Å². The number of aromatic amines is 2. The molecule has 0 unspecified atom stereocenters. The zero-order valence-electron chi connectivity index (χ0n) is 15.6. The molecule has 1 aliphatic heterocycles. The predicted octanol–water partition coefficient (Wildman–Crippen LogP) is 3.34. The molecule has 0 bridgehead atoms. The summed E-state index contributed by atoms with van der Waals surface area (Å²) >= 11 is 0. The maximum absolute atomic E-state index is 13.1. The Morgan fingerprint density at radius 1 is 1.10 bits per heavy atom. The van der Waals surface area contributed by atoms with Crippen molar-refractivity contribution in [3.05, 3.63) is 70.4 Å². The number of ether oxygens (including phenoxy) is 2. The first kappa shape index (κ1) is 18.8. The zero-order valence-corrected chi connectivity index (χ0v) is 16.4. The summed E-state index contributed by atoms with van der Waals surface area (Å²) in [4.78, 5) is 18.1. The van der Waals surface area contributed by atoms with Gasteiger partial charge in [0.1, 0.15) is 11.3 Å². The number of anilines is 1. The van der Waals surface area contributed by atoms with E-state index in [1.54, 1.807) is 13.1 Å². The summed E-state index contributed by atoms with van der Waals surface area (Å²) in [5.41, 5.74) is 1.28. The quantitative estimate of drug-likeness (QED) is 0.461. The molecule has 1 saturated heterocycles. The van der Waals surface area contributed by atoms with Crippen LogP contribution in [-0.2, 0) is 19.5 Å². The molecule has 2 aromatic carbocycles. The van der Waals surface area contributed by atoms with Crippen LogP contribution in [0.4, 0.5) is 10.1 Å². The lowest BCUT2D eigenvalue weighted by Crippen LogP contribution is -2.31. The Hall–Kier alpha value is -3.21. The predicted molar refractivity (Wildman–Crippen MR) is 108 cm³/mol. The lowest BCUT2D eigenvalue weighted by atomic mass is 10.1. The zero-order chi connectivity index (χ0) is 21.0. The van der Waals surface area contributed by atoms with Crippen molar-refractivity contribution in [2.45, 2.75) is 24.4 Å². The maximum atomic E-state index is 13.1. The van der Waals surface area contributed by atoms with Crippen molar-refractivity contribution >= 4 is 37.5 Å². The van der Waals surface area contributed by atoms with Crippen LogP contribution >= 0.6 is 0 Å². The third-order valence-corrected chi connectivity index (χ3v) is 6.32. The SMILES string of the molecule is CC1OC(c2c[nH]c3c(=O)[nH]c4ccc(S(=O)(=O)Nc5ccc(F)cc5)cc4c23)O1. The largest absolute Gasteiger partial charge is 0.356 e. The number of pyridine rings is 1. The van der Waals surface area contributed by atoms with Gasteiger partial charge in [-0.25, -0.2) is 12.8 Å². The highest BCUT2D eigenvalue weighted by Gasteiger charge is 2.31. The number of aromatic nitrogens is 2. The number of hydrogen-bond acceptors (Lipinski definition) is 5. The smallest absolute Gasteiger partial charge is 0.272 e. The van der Waals surface area contributed by atoms with E-state index >= 15 is 0 Å². The third kappa shape index (κ3) is 3.05. The van der Waals surface area contributed by atoms with Gasteiger partial charge in [-0.3, -0.25) is 9.52 Å². The van der Waals surface area contributed by atoms with Crippen LogP contribution in [0.5, 0.6) is 0 Å². The normalized spacial score (nSPS) is 19.1. The average Bonchev–Trinajstić information content (AvgIpc) is 3.12. The molecular weight excluding hydrogens is 413 g/mol. The minimum atomic E-state index is -3.95. The summed E-state index contributed by atoms with van der Waals surface area (Å²) in [5.74, 6) is -0.468. The summed E-state index contributed by atoms with van der Waals surface area (Å²) in [5, 5.41) is 1.05. The second-order valence-corrected chi connectivity index (χ2v) is 8.62. The van der Waals surface area contributed by atoms with E-state index in [1.165, 1.54) is 30.3 Å². The molecule has 3 heterocycles. The molecule has 0 atom stereocenters. The molecule has 3 N–H and O–H groups in total. The van der Waals surface area contributed by atoms with Crippen molar-refractivity contribution < 1.29 is 22.3 Å². The van der Waals surface area contributed by atoms with Gasteiger partial charge in [-0.2, -0.15) is 0 Å². The molecule has 0 amide bonds. The van der Waals surface area contributed by atoms with E-state index in [9.17, 15) is 17.6 Å². The lowest BCUT2D eigenvalue weighted by molar-refractivity contribution is -0.382. The average molecular weight is 429 g/mol. The Morgan fingerprint density at radius 2 is 1.83 bits per heavy atom. The summed E-state index contributed by atoms with van der Waals surface area (Å²) < 4.78 is 52.4. The van der Waals surface area contributed by atoms with Crippen molar-refractivity contribution in [3.8, 4) is 0 Å². The Balaban J connectivity index is 1.65. The number of halogens is 1. The Bertz CT molecular complexity index is 1440. The van der Waals surface area contributed by atoms with Gasteiger partial charge in [-0.1, -0.05) is 0 Å². The summed E-state index contributed by atoms with van der Waals surface area (Å²) in [6, 6.07) is 9.38. The van der Waals surface area contributed by atoms with Crippen LogP contribution in [0, 0.1) is 5.82 Å². The fourth-order valence-electron chi connectivity index (χ4n) is 3.52. The molecule has 0 spiro atoms. The molecule has 10 heteroatoms. The van der Waals surface area contributed by atoms with Crippen LogP contribution in [0.3, 0.4) is 0 Å². The fourth-order valence-corrected chi connectivity index (χ4v) is 4.61. The fraction of sp³-hybridized carbons (Fsp3) is 0.150. The number of fused-ring (bicyclic) bond motifs is 3. The maximum Gasteiger partial charge on any atom is 0.272 e. The van der Waals surface area contributed by atoms with E-state index in [2.05, 4.69) is 14.7 Å². The van der Waals surface area contributed by atoms with Gasteiger partial charge in [0, 0.05) is 33.7 Å². The molecule has 0 saturated carbocycles. The van der Waals surface area contributed by atoms with Crippen LogP contribution in [0.25, 0.3) is 21.8 Å². The molecule has 5 rings (SSSR count). The van der Waals surface area contributed by atoms with Gasteiger partial charge >= 0.3 is 0 Å². The molecule has 30 heavy (non-hydrogen) atoms. The molecule has 2 aromatic heterocycles. The summed E-state index contributed by atoms with van der Waals surface area (Å²) in [6.07, 6.45) is 0.619. The van der Waals surface area contributed by atoms with Crippen molar-refractivity contribution in [1.29, 1.82) is 0 Å². The Morgan fingerprint density at radius 3 is 2.53 bits per heavy atom. The van der Waals surface area contributed by atoms with Crippen molar-refractivity contribution in [3.63, 3.8) is 0 Å². The number of hydrogen-bond donors (Lipinski definition) is 3. The van der Waals surface area contributed by atoms with Gasteiger partial charge < -0.3 is 19.4 Å². The van der Waals surface area contributed by atoms with Gasteiger partial charge in [-0.05, 0) is 49.4 Å². The Kier molecular flexibility index (Phi) is 4.17. The highest BCUT2D eigenvalue weighted by atomic mass is 32.2. The number of nitrogens with one attached hydrogen (secondary N) is 3. The van der Waals surface area contributed by atoms with E-state index in [0.717, 1.165) is 12.1 Å². The minimum absolute atomic E-state index is 0.0105. The standard InChI is InChI=1S/C20H16FN3O5S/c1-10-28-20(29-10)15-9-22-18-17(15)14-8-13(6-7-16(14)23-19(18)25)30(26,27)24-12-4-2-11(21)3-5-12/h2-10,20,22,24H,1H3,(H,23,25). The van der Waals surface area contributed by atoms with Gasteiger partial charge in [0.05, 0.1) is 4.90 Å². The molecule has 1 aliphatic rings. The molecule has 4 aromatic rings. The van der Waals surface area contributed by atoms with Crippen LogP contribution in [0.1, 0.15) is 18.8 Å². The van der Waals surface area contributed by atoms with Crippen LogP contribution in [0.15, 0.2) is 58.4 Å². The van der Waals surface area contributed by atoms with Gasteiger partial charge in [0.15, 0.2) is 12.6 Å². The first-order chi connectivity index (χ1) is 14.3. The minimum Gasteiger partial charge on any atom is -0.356 e. The van der Waals surface area contributed by atoms with E-state index < -0.39 is 22.1 Å². The second kappa shape index (κ2) is 6.66. The second-order valence-electron chi connectivity index (χ2n) is 6.94. The van der Waals surface area contributed by atoms with Gasteiger partial charge in [0.2, 0.25) is 0 Å². The van der Waals surface area contributed by atoms with Gasteiger partial charge in [-0.15, -0.1) is 0 Å². The number of H-pyrrole nitrogens is 2. The highest BCUT2D eigenvalue weighted by Crippen LogP contribution is 2.37. The highest BCUT2D eigenvalue weighted by molar-refractivity contribution is 7.92. The first-order valence-corrected chi connectivity index (χ1v) is 10.6. The van der Waals surface area contributed by atoms with Crippen LogP contribution < -0.4 is 10.3 Å².